The lowest BCUT2D eigenvalue weighted by Gasteiger charge is -2.26. The fraction of sp³-hybridized carbons (Fsp3) is 0.588. The maximum Gasteiger partial charge on any atom is 0.335 e. The van der Waals surface area contributed by atoms with Gasteiger partial charge in [0.1, 0.15) is 6.10 Å². The first-order chi connectivity index (χ1) is 11.7. The molecule has 4 atom stereocenters. The van der Waals surface area contributed by atoms with Crippen LogP contribution in [0.5, 0.6) is 0 Å². The number of ether oxygens (including phenoxy) is 3. The molecule has 2 aliphatic heterocycles. The zero-order valence-corrected chi connectivity index (χ0v) is 14.3. The summed E-state index contributed by atoms with van der Waals surface area (Å²) < 4.78 is 17.5. The van der Waals surface area contributed by atoms with Crippen LogP contribution >= 0.6 is 0 Å². The largest absolute Gasteiger partial charge is 0.478 e. The number of hydrogen-bond acceptors (Lipinski definition) is 6. The van der Waals surface area contributed by atoms with Crippen molar-refractivity contribution in [3.8, 4) is 0 Å². The number of nitro groups is 1. The van der Waals surface area contributed by atoms with Crippen LogP contribution in [-0.2, 0) is 14.2 Å². The molecule has 0 aliphatic carbocycles. The lowest BCUT2D eigenvalue weighted by Crippen LogP contribution is -2.27. The van der Waals surface area contributed by atoms with Gasteiger partial charge >= 0.3 is 5.97 Å². The molecule has 8 heteroatoms. The summed E-state index contributed by atoms with van der Waals surface area (Å²) in [5.74, 6) is -2.12. The fourth-order valence-electron chi connectivity index (χ4n) is 3.64. The van der Waals surface area contributed by atoms with Gasteiger partial charge in [-0.05, 0) is 31.9 Å². The highest BCUT2D eigenvalue weighted by Gasteiger charge is 2.50. The summed E-state index contributed by atoms with van der Waals surface area (Å²) >= 11 is 0. The van der Waals surface area contributed by atoms with Crippen molar-refractivity contribution < 1.29 is 29.0 Å². The summed E-state index contributed by atoms with van der Waals surface area (Å²) in [5.41, 5.74) is 0.332. The van der Waals surface area contributed by atoms with Gasteiger partial charge in [-0.3, -0.25) is 10.1 Å². The van der Waals surface area contributed by atoms with Gasteiger partial charge in [-0.2, -0.15) is 0 Å². The monoisotopic (exact) mass is 351 g/mol. The molecule has 2 fully saturated rings. The first-order valence-corrected chi connectivity index (χ1v) is 8.24. The number of fused-ring (bicyclic) bond motifs is 1. The van der Waals surface area contributed by atoms with Crippen LogP contribution in [-0.4, -0.2) is 40.3 Å². The maximum absolute atomic E-state index is 11.6. The number of carboxylic acid groups (broad SMARTS) is 1. The van der Waals surface area contributed by atoms with E-state index in [-0.39, 0.29) is 29.4 Å². The van der Waals surface area contributed by atoms with Crippen molar-refractivity contribution in [3.05, 3.63) is 39.4 Å². The van der Waals surface area contributed by atoms with Crippen molar-refractivity contribution in [1.29, 1.82) is 0 Å². The van der Waals surface area contributed by atoms with Crippen molar-refractivity contribution >= 4 is 11.7 Å². The minimum atomic E-state index is -1.12. The van der Waals surface area contributed by atoms with Crippen molar-refractivity contribution in [2.24, 2.45) is 0 Å². The SMILES string of the molecule is CC[C@@H](c1cc([N+](=O)[O-])ccc1C(=O)O)[C@@H]1C[C@H]2OC(C)(C)O[C@H]2O1. The highest BCUT2D eigenvalue weighted by Crippen LogP contribution is 2.43. The molecule has 3 rings (SSSR count). The minimum absolute atomic E-state index is 0.0558. The second-order valence-electron chi connectivity index (χ2n) is 6.80. The topological polar surface area (TPSA) is 108 Å². The van der Waals surface area contributed by atoms with E-state index in [1.807, 2.05) is 20.8 Å². The standard InChI is InChI=1S/C17H21NO7/c1-4-10(13-8-14-16(23-13)25-17(2,3)24-14)12-7-9(18(21)22)5-6-11(12)15(19)20/h5-7,10,13-14,16H,4,8H2,1-3H3,(H,19,20)/t10-,13-,14+,16+/m0/s1. The first-order valence-electron chi connectivity index (χ1n) is 8.24. The fourth-order valence-corrected chi connectivity index (χ4v) is 3.64. The van der Waals surface area contributed by atoms with Crippen LogP contribution < -0.4 is 0 Å². The number of nitrogens with zero attached hydrogens (tertiary/aromatic N) is 1. The van der Waals surface area contributed by atoms with Crippen molar-refractivity contribution in [2.45, 2.75) is 63.8 Å². The zero-order chi connectivity index (χ0) is 18.4. The molecule has 0 unspecified atom stereocenters. The molecule has 1 N–H and O–H groups in total. The predicted molar refractivity (Wildman–Crippen MR) is 86.4 cm³/mol. The van der Waals surface area contributed by atoms with Crippen LogP contribution in [0.15, 0.2) is 18.2 Å². The summed E-state index contributed by atoms with van der Waals surface area (Å²) in [6.45, 7) is 5.52. The number of rotatable bonds is 5. The van der Waals surface area contributed by atoms with Gasteiger partial charge in [-0.25, -0.2) is 4.79 Å². The molecule has 0 saturated carbocycles. The molecule has 0 radical (unpaired) electrons. The van der Waals surface area contributed by atoms with Gasteiger partial charge in [0, 0.05) is 24.5 Å². The molecule has 1 aromatic rings. The van der Waals surface area contributed by atoms with Crippen molar-refractivity contribution in [3.63, 3.8) is 0 Å². The van der Waals surface area contributed by atoms with Gasteiger partial charge < -0.3 is 19.3 Å². The molecule has 136 valence electrons. The van der Waals surface area contributed by atoms with E-state index >= 15 is 0 Å². The molecule has 1 aromatic carbocycles. The Morgan fingerprint density at radius 2 is 2.16 bits per heavy atom. The number of carbonyl (C=O) groups is 1. The third kappa shape index (κ3) is 3.37. The highest BCUT2D eigenvalue weighted by molar-refractivity contribution is 5.90. The quantitative estimate of drug-likeness (QED) is 0.641. The molecule has 2 heterocycles. The van der Waals surface area contributed by atoms with Crippen LogP contribution in [0.1, 0.15) is 55.5 Å². The van der Waals surface area contributed by atoms with E-state index in [1.54, 1.807) is 0 Å². The molecule has 0 amide bonds. The molecule has 8 nitrogen and oxygen atoms in total. The molecule has 2 saturated heterocycles. The summed E-state index contributed by atoms with van der Waals surface area (Å²) in [7, 11) is 0. The lowest BCUT2D eigenvalue weighted by atomic mass is 9.86. The number of hydrogen-bond donors (Lipinski definition) is 1. The van der Waals surface area contributed by atoms with E-state index in [4.69, 9.17) is 14.2 Å². The van der Waals surface area contributed by atoms with E-state index in [0.29, 0.717) is 18.4 Å². The Balaban J connectivity index is 1.90. The van der Waals surface area contributed by atoms with E-state index < -0.39 is 23.0 Å². The first kappa shape index (κ1) is 17.8. The van der Waals surface area contributed by atoms with Gasteiger partial charge in [0.25, 0.3) is 5.69 Å². The Hall–Kier alpha value is -2.03. The number of nitro benzene ring substituents is 1. The Kier molecular flexibility index (Phi) is 4.52. The summed E-state index contributed by atoms with van der Waals surface area (Å²) in [5, 5.41) is 20.5. The molecular formula is C17H21NO7. The normalized spacial score (nSPS) is 28.5. The number of carboxylic acids is 1. The number of non-ortho nitro benzene ring substituents is 1. The Bertz CT molecular complexity index is 686. The van der Waals surface area contributed by atoms with Gasteiger partial charge in [-0.15, -0.1) is 0 Å². The van der Waals surface area contributed by atoms with E-state index in [1.165, 1.54) is 18.2 Å². The second-order valence-corrected chi connectivity index (χ2v) is 6.80. The Labute approximate surface area is 144 Å². The van der Waals surface area contributed by atoms with Crippen molar-refractivity contribution in [1.82, 2.24) is 0 Å². The molecular weight excluding hydrogens is 330 g/mol. The van der Waals surface area contributed by atoms with E-state index in [9.17, 15) is 20.0 Å². The number of benzene rings is 1. The van der Waals surface area contributed by atoms with Crippen LogP contribution in [0.25, 0.3) is 0 Å². The van der Waals surface area contributed by atoms with Gasteiger partial charge in [0.15, 0.2) is 12.1 Å². The maximum atomic E-state index is 11.6. The molecule has 2 aliphatic rings. The molecule has 0 aromatic heterocycles. The summed E-state index contributed by atoms with van der Waals surface area (Å²) in [4.78, 5) is 22.1. The summed E-state index contributed by atoms with van der Waals surface area (Å²) in [6, 6.07) is 3.82. The molecule has 25 heavy (non-hydrogen) atoms. The minimum Gasteiger partial charge on any atom is -0.478 e. The summed E-state index contributed by atoms with van der Waals surface area (Å²) in [6.07, 6.45) is 0.0850. The van der Waals surface area contributed by atoms with Crippen molar-refractivity contribution in [2.75, 3.05) is 0 Å². The average Bonchev–Trinajstić information content (AvgIpc) is 3.00. The lowest BCUT2D eigenvalue weighted by molar-refractivity contribution is -0.384. The van der Waals surface area contributed by atoms with Crippen LogP contribution in [0, 0.1) is 10.1 Å². The third-order valence-corrected chi connectivity index (χ3v) is 4.68. The van der Waals surface area contributed by atoms with E-state index in [0.717, 1.165) is 0 Å². The van der Waals surface area contributed by atoms with Gasteiger partial charge in [0.05, 0.1) is 16.6 Å². The van der Waals surface area contributed by atoms with Gasteiger partial charge in [-0.1, -0.05) is 6.92 Å². The van der Waals surface area contributed by atoms with E-state index in [2.05, 4.69) is 0 Å². The van der Waals surface area contributed by atoms with Crippen LogP contribution in [0.2, 0.25) is 0 Å². The Morgan fingerprint density at radius 3 is 2.72 bits per heavy atom. The van der Waals surface area contributed by atoms with Crippen LogP contribution in [0.3, 0.4) is 0 Å². The molecule has 0 spiro atoms. The smallest absolute Gasteiger partial charge is 0.335 e. The van der Waals surface area contributed by atoms with Crippen LogP contribution in [0.4, 0.5) is 5.69 Å². The average molecular weight is 351 g/mol. The molecule has 0 bridgehead atoms. The second kappa shape index (κ2) is 6.36. The van der Waals surface area contributed by atoms with Gasteiger partial charge in [0.2, 0.25) is 0 Å². The number of aromatic carboxylic acids is 1. The zero-order valence-electron chi connectivity index (χ0n) is 14.3. The Morgan fingerprint density at radius 1 is 1.44 bits per heavy atom. The third-order valence-electron chi connectivity index (χ3n) is 4.68. The highest BCUT2D eigenvalue weighted by atomic mass is 16.8. The predicted octanol–water partition coefficient (Wildman–Crippen LogP) is 3.05.